The molecule has 1 aliphatic carbocycles. The number of hydrogen-bond acceptors (Lipinski definition) is 2. The second-order valence-electron chi connectivity index (χ2n) is 5.80. The lowest BCUT2D eigenvalue weighted by atomic mass is 9.99. The molecule has 0 aromatic carbocycles. The Bertz CT molecular complexity index is 373. The van der Waals surface area contributed by atoms with Crippen LogP contribution in [-0.4, -0.2) is 9.78 Å². The van der Waals surface area contributed by atoms with E-state index in [4.69, 9.17) is 5.73 Å². The molecule has 90 valence electrons. The van der Waals surface area contributed by atoms with Gasteiger partial charge in [0.2, 0.25) is 0 Å². The zero-order valence-electron chi connectivity index (χ0n) is 10.8. The summed E-state index contributed by atoms with van der Waals surface area (Å²) in [6.07, 6.45) is 5.29. The third-order valence-electron chi connectivity index (χ3n) is 3.31. The van der Waals surface area contributed by atoms with E-state index in [-0.39, 0.29) is 5.54 Å². The third-order valence-corrected chi connectivity index (χ3v) is 3.31. The van der Waals surface area contributed by atoms with Crippen molar-refractivity contribution in [2.75, 3.05) is 0 Å². The molecule has 0 radical (unpaired) electrons. The molecule has 2 rings (SSSR count). The molecule has 0 spiro atoms. The Kier molecular flexibility index (Phi) is 2.82. The number of rotatable bonds is 4. The van der Waals surface area contributed by atoms with Crippen LogP contribution >= 0.6 is 0 Å². The smallest absolute Gasteiger partial charge is 0.0543 e. The molecular formula is C13H23N3. The Hall–Kier alpha value is -0.830. The lowest BCUT2D eigenvalue weighted by Gasteiger charge is -2.16. The summed E-state index contributed by atoms with van der Waals surface area (Å²) >= 11 is 0. The summed E-state index contributed by atoms with van der Waals surface area (Å²) in [6.45, 7) is 8.85. The van der Waals surface area contributed by atoms with E-state index < -0.39 is 0 Å². The maximum atomic E-state index is 6.30. The van der Waals surface area contributed by atoms with Crippen LogP contribution in [0.2, 0.25) is 0 Å². The van der Waals surface area contributed by atoms with E-state index in [0.29, 0.717) is 12.0 Å². The number of hydrogen-bond donors (Lipinski definition) is 1. The minimum atomic E-state index is -0.0582. The topological polar surface area (TPSA) is 43.8 Å². The van der Waals surface area contributed by atoms with Crippen LogP contribution in [0, 0.1) is 5.92 Å². The van der Waals surface area contributed by atoms with E-state index in [0.717, 1.165) is 19.3 Å². The normalized spacial score (nSPS) is 18.4. The first-order valence-corrected chi connectivity index (χ1v) is 6.30. The molecule has 2 N–H and O–H groups in total. The van der Waals surface area contributed by atoms with Gasteiger partial charge in [0, 0.05) is 22.8 Å². The molecule has 1 aliphatic rings. The fourth-order valence-corrected chi connectivity index (χ4v) is 2.24. The average Bonchev–Trinajstić information content (AvgIpc) is 2.76. The molecule has 0 amide bonds. The molecule has 3 nitrogen and oxygen atoms in total. The first-order valence-electron chi connectivity index (χ1n) is 6.30. The van der Waals surface area contributed by atoms with Crippen molar-refractivity contribution in [3.8, 4) is 0 Å². The second kappa shape index (κ2) is 3.88. The summed E-state index contributed by atoms with van der Waals surface area (Å²) < 4.78 is 2.14. The van der Waals surface area contributed by atoms with Crippen molar-refractivity contribution in [1.82, 2.24) is 9.78 Å². The van der Waals surface area contributed by atoms with Gasteiger partial charge < -0.3 is 5.73 Å². The lowest BCUT2D eigenvalue weighted by Crippen LogP contribution is -2.21. The van der Waals surface area contributed by atoms with Crippen molar-refractivity contribution in [2.24, 2.45) is 11.7 Å². The van der Waals surface area contributed by atoms with Crippen molar-refractivity contribution in [2.45, 2.75) is 58.5 Å². The molecule has 1 fully saturated rings. The van der Waals surface area contributed by atoms with Crippen molar-refractivity contribution >= 4 is 0 Å². The predicted octanol–water partition coefficient (Wildman–Crippen LogP) is 2.61. The molecule has 0 atom stereocenters. The van der Waals surface area contributed by atoms with Gasteiger partial charge in [0.15, 0.2) is 0 Å². The third kappa shape index (κ3) is 2.01. The Morgan fingerprint density at radius 2 is 2.00 bits per heavy atom. The monoisotopic (exact) mass is 221 g/mol. The summed E-state index contributed by atoms with van der Waals surface area (Å²) in [5.74, 6) is 0.648. The SMILES string of the molecule is CC(C)Cc1c(C2(N)CC2)cnn1C(C)C. The van der Waals surface area contributed by atoms with Gasteiger partial charge in [-0.3, -0.25) is 4.68 Å². The van der Waals surface area contributed by atoms with Gasteiger partial charge in [-0.1, -0.05) is 13.8 Å². The van der Waals surface area contributed by atoms with Crippen LogP contribution in [0.25, 0.3) is 0 Å². The summed E-state index contributed by atoms with van der Waals surface area (Å²) in [6, 6.07) is 0.421. The Labute approximate surface area is 98.0 Å². The fourth-order valence-electron chi connectivity index (χ4n) is 2.24. The van der Waals surface area contributed by atoms with Crippen molar-refractivity contribution in [1.29, 1.82) is 0 Å². The van der Waals surface area contributed by atoms with E-state index in [1.165, 1.54) is 11.3 Å². The molecule has 0 saturated heterocycles. The van der Waals surface area contributed by atoms with E-state index in [9.17, 15) is 0 Å². The van der Waals surface area contributed by atoms with Gasteiger partial charge in [0.05, 0.1) is 6.20 Å². The molecule has 0 unspecified atom stereocenters. The Balaban J connectivity index is 2.37. The van der Waals surface area contributed by atoms with Crippen LogP contribution in [0.4, 0.5) is 0 Å². The molecule has 0 bridgehead atoms. The standard InChI is InChI=1S/C13H23N3/c1-9(2)7-12-11(13(14)5-6-13)8-15-16(12)10(3)4/h8-10H,5-7,14H2,1-4H3. The quantitative estimate of drug-likeness (QED) is 0.849. The highest BCUT2D eigenvalue weighted by Crippen LogP contribution is 2.44. The highest BCUT2D eigenvalue weighted by atomic mass is 15.3. The van der Waals surface area contributed by atoms with Gasteiger partial charge >= 0.3 is 0 Å². The van der Waals surface area contributed by atoms with Crippen LogP contribution < -0.4 is 5.73 Å². The van der Waals surface area contributed by atoms with E-state index in [1.807, 2.05) is 6.20 Å². The Morgan fingerprint density at radius 1 is 1.38 bits per heavy atom. The van der Waals surface area contributed by atoms with Gasteiger partial charge in [0.1, 0.15) is 0 Å². The summed E-state index contributed by atoms with van der Waals surface area (Å²) in [4.78, 5) is 0. The highest BCUT2D eigenvalue weighted by Gasteiger charge is 2.43. The van der Waals surface area contributed by atoms with Crippen LogP contribution in [0.3, 0.4) is 0 Å². The van der Waals surface area contributed by atoms with Crippen LogP contribution in [-0.2, 0) is 12.0 Å². The van der Waals surface area contributed by atoms with Crippen LogP contribution in [0.1, 0.15) is 57.8 Å². The van der Waals surface area contributed by atoms with Gasteiger partial charge in [-0.25, -0.2) is 0 Å². The van der Waals surface area contributed by atoms with E-state index in [2.05, 4.69) is 37.5 Å². The second-order valence-corrected chi connectivity index (χ2v) is 5.80. The molecule has 16 heavy (non-hydrogen) atoms. The molecule has 1 aromatic rings. The predicted molar refractivity (Wildman–Crippen MR) is 66.3 cm³/mol. The van der Waals surface area contributed by atoms with Crippen molar-refractivity contribution in [3.05, 3.63) is 17.5 Å². The minimum Gasteiger partial charge on any atom is -0.321 e. The molecular weight excluding hydrogens is 198 g/mol. The van der Waals surface area contributed by atoms with Gasteiger partial charge in [0.25, 0.3) is 0 Å². The molecule has 1 saturated carbocycles. The number of aromatic nitrogens is 2. The van der Waals surface area contributed by atoms with Gasteiger partial charge in [-0.2, -0.15) is 5.10 Å². The average molecular weight is 221 g/mol. The van der Waals surface area contributed by atoms with E-state index >= 15 is 0 Å². The molecule has 3 heteroatoms. The van der Waals surface area contributed by atoms with Gasteiger partial charge in [-0.15, -0.1) is 0 Å². The molecule has 1 aromatic heterocycles. The number of nitrogens with two attached hydrogens (primary N) is 1. The maximum Gasteiger partial charge on any atom is 0.0543 e. The van der Waals surface area contributed by atoms with Crippen LogP contribution in [0.5, 0.6) is 0 Å². The minimum absolute atomic E-state index is 0.0582. The fraction of sp³-hybridized carbons (Fsp3) is 0.769. The first-order chi connectivity index (χ1) is 7.44. The molecule has 1 heterocycles. The molecule has 0 aliphatic heterocycles. The zero-order valence-corrected chi connectivity index (χ0v) is 10.8. The van der Waals surface area contributed by atoms with Crippen molar-refractivity contribution in [3.63, 3.8) is 0 Å². The van der Waals surface area contributed by atoms with Crippen LogP contribution in [0.15, 0.2) is 6.20 Å². The Morgan fingerprint density at radius 3 is 2.44 bits per heavy atom. The zero-order chi connectivity index (χ0) is 11.9. The first kappa shape index (κ1) is 11.6. The summed E-state index contributed by atoms with van der Waals surface area (Å²) in [7, 11) is 0. The van der Waals surface area contributed by atoms with Crippen molar-refractivity contribution < 1.29 is 0 Å². The number of nitrogens with zero attached hydrogens (tertiary/aromatic N) is 2. The summed E-state index contributed by atoms with van der Waals surface area (Å²) in [5, 5.41) is 4.51. The lowest BCUT2D eigenvalue weighted by molar-refractivity contribution is 0.484. The highest BCUT2D eigenvalue weighted by molar-refractivity contribution is 5.32. The largest absolute Gasteiger partial charge is 0.321 e. The summed E-state index contributed by atoms with van der Waals surface area (Å²) in [5.41, 5.74) is 8.89. The van der Waals surface area contributed by atoms with Gasteiger partial charge in [-0.05, 0) is 39.0 Å². The maximum absolute atomic E-state index is 6.30. The van der Waals surface area contributed by atoms with E-state index in [1.54, 1.807) is 0 Å².